The highest BCUT2D eigenvalue weighted by Gasteiger charge is 2.28. The summed E-state index contributed by atoms with van der Waals surface area (Å²) >= 11 is 0. The number of hydrogen-bond acceptors (Lipinski definition) is 5. The topological polar surface area (TPSA) is 89.9 Å². The number of aromatic nitrogens is 1. The average Bonchev–Trinajstić information content (AvgIpc) is 2.97. The molecule has 0 saturated carbocycles. The molecule has 142 valence electrons. The molecule has 9 heteroatoms. The predicted molar refractivity (Wildman–Crippen MR) is 93.0 cm³/mol. The molecule has 8 nitrogen and oxygen atoms in total. The number of nitrogens with one attached hydrogen (secondary N) is 1. The number of morpholine rings is 1. The maximum absolute atomic E-state index is 12.6. The van der Waals surface area contributed by atoms with Gasteiger partial charge in [-0.1, -0.05) is 0 Å². The molecule has 2 rings (SSSR count). The Kier molecular flexibility index (Phi) is 7.00. The van der Waals surface area contributed by atoms with Crippen molar-refractivity contribution in [3.05, 3.63) is 18.0 Å². The van der Waals surface area contributed by atoms with Gasteiger partial charge in [0.15, 0.2) is 0 Å². The van der Waals surface area contributed by atoms with Gasteiger partial charge in [0.2, 0.25) is 10.0 Å². The molecule has 0 spiro atoms. The molecule has 1 fully saturated rings. The second-order valence-corrected chi connectivity index (χ2v) is 8.16. The SMILES string of the molecule is CC(C)OCCCNC(=O)c1cc(S(=O)(=O)N2CCOCC2)cn1C. The van der Waals surface area contributed by atoms with E-state index in [9.17, 15) is 13.2 Å². The summed E-state index contributed by atoms with van der Waals surface area (Å²) in [5, 5.41) is 2.79. The molecule has 25 heavy (non-hydrogen) atoms. The average molecular weight is 373 g/mol. The molecule has 0 atom stereocenters. The van der Waals surface area contributed by atoms with Crippen LogP contribution in [0.25, 0.3) is 0 Å². The number of aryl methyl sites for hydroxylation is 1. The molecule has 1 aliphatic rings. The van der Waals surface area contributed by atoms with Crippen molar-refractivity contribution < 1.29 is 22.7 Å². The number of nitrogens with zero attached hydrogens (tertiary/aromatic N) is 2. The molecule has 1 amide bonds. The third-order valence-corrected chi connectivity index (χ3v) is 5.74. The number of sulfonamides is 1. The van der Waals surface area contributed by atoms with E-state index in [0.717, 1.165) is 0 Å². The number of carbonyl (C=O) groups excluding carboxylic acids is 1. The zero-order chi connectivity index (χ0) is 18.4. The molecule has 1 aromatic rings. The van der Waals surface area contributed by atoms with Gasteiger partial charge in [-0.05, 0) is 26.3 Å². The number of hydrogen-bond donors (Lipinski definition) is 1. The molecule has 1 saturated heterocycles. The number of rotatable bonds is 8. The van der Waals surface area contributed by atoms with Gasteiger partial charge in [-0.25, -0.2) is 8.42 Å². The molecule has 0 bridgehead atoms. The van der Waals surface area contributed by atoms with Crippen LogP contribution >= 0.6 is 0 Å². The van der Waals surface area contributed by atoms with Crippen molar-refractivity contribution in [3.63, 3.8) is 0 Å². The molecule has 1 aliphatic heterocycles. The Labute approximate surface area is 149 Å². The predicted octanol–water partition coefficient (Wildman–Crippen LogP) is 0.591. The van der Waals surface area contributed by atoms with E-state index in [2.05, 4.69) is 5.32 Å². The fraction of sp³-hybridized carbons (Fsp3) is 0.688. The summed E-state index contributed by atoms with van der Waals surface area (Å²) in [6.07, 6.45) is 2.34. The maximum atomic E-state index is 12.6. The van der Waals surface area contributed by atoms with Gasteiger partial charge in [-0.15, -0.1) is 0 Å². The first-order valence-corrected chi connectivity index (χ1v) is 9.90. The van der Waals surface area contributed by atoms with Crippen LogP contribution in [0.2, 0.25) is 0 Å². The summed E-state index contributed by atoms with van der Waals surface area (Å²) in [6.45, 7) is 6.39. The first kappa shape index (κ1) is 19.9. The Morgan fingerprint density at radius 1 is 1.36 bits per heavy atom. The lowest BCUT2D eigenvalue weighted by Gasteiger charge is -2.25. The first-order chi connectivity index (χ1) is 11.8. The van der Waals surface area contributed by atoms with Crippen LogP contribution in [0.1, 0.15) is 30.8 Å². The minimum Gasteiger partial charge on any atom is -0.379 e. The Bertz CT molecular complexity index is 678. The Balaban J connectivity index is 1.97. The maximum Gasteiger partial charge on any atom is 0.267 e. The van der Waals surface area contributed by atoms with Crippen molar-refractivity contribution in [2.75, 3.05) is 39.5 Å². The van der Waals surface area contributed by atoms with E-state index < -0.39 is 10.0 Å². The van der Waals surface area contributed by atoms with Crippen molar-refractivity contribution in [2.45, 2.75) is 31.3 Å². The van der Waals surface area contributed by atoms with Gasteiger partial charge in [-0.3, -0.25) is 4.79 Å². The van der Waals surface area contributed by atoms with Gasteiger partial charge in [0.25, 0.3) is 5.91 Å². The standard InChI is InChI=1S/C16H27N3O5S/c1-13(2)24-8-4-5-17-16(20)15-11-14(12-18(15)3)25(21,22)19-6-9-23-10-7-19/h11-13H,4-10H2,1-3H3,(H,17,20). The molecule has 0 radical (unpaired) electrons. The number of carbonyl (C=O) groups is 1. The van der Waals surface area contributed by atoms with Crippen molar-refractivity contribution in [3.8, 4) is 0 Å². The van der Waals surface area contributed by atoms with Crippen molar-refractivity contribution in [2.24, 2.45) is 7.05 Å². The molecule has 0 aromatic carbocycles. The summed E-state index contributed by atoms with van der Waals surface area (Å²) in [6, 6.07) is 1.42. The highest BCUT2D eigenvalue weighted by Crippen LogP contribution is 2.19. The Morgan fingerprint density at radius 2 is 2.04 bits per heavy atom. The summed E-state index contributed by atoms with van der Waals surface area (Å²) < 4.78 is 38.8. The van der Waals surface area contributed by atoms with Gasteiger partial charge < -0.3 is 19.4 Å². The highest BCUT2D eigenvalue weighted by atomic mass is 32.2. The molecule has 0 aliphatic carbocycles. The normalized spacial score (nSPS) is 16.3. The van der Waals surface area contributed by atoms with E-state index in [1.165, 1.54) is 21.1 Å². The van der Waals surface area contributed by atoms with E-state index in [4.69, 9.17) is 9.47 Å². The summed E-state index contributed by atoms with van der Waals surface area (Å²) in [5.74, 6) is -0.296. The van der Waals surface area contributed by atoms with Crippen molar-refractivity contribution >= 4 is 15.9 Å². The van der Waals surface area contributed by atoms with Crippen LogP contribution in [0.5, 0.6) is 0 Å². The summed E-state index contributed by atoms with van der Waals surface area (Å²) in [4.78, 5) is 12.4. The first-order valence-electron chi connectivity index (χ1n) is 8.46. The lowest BCUT2D eigenvalue weighted by Crippen LogP contribution is -2.40. The minimum absolute atomic E-state index is 0.130. The van der Waals surface area contributed by atoms with E-state index in [-0.39, 0.29) is 16.9 Å². The summed E-state index contributed by atoms with van der Waals surface area (Å²) in [7, 11) is -1.94. The zero-order valence-electron chi connectivity index (χ0n) is 15.0. The van der Waals surface area contributed by atoms with Crippen LogP contribution in [0, 0.1) is 0 Å². The zero-order valence-corrected chi connectivity index (χ0v) is 15.8. The smallest absolute Gasteiger partial charge is 0.267 e. The van der Waals surface area contributed by atoms with Crippen LogP contribution in [0.3, 0.4) is 0 Å². The third kappa shape index (κ3) is 5.27. The minimum atomic E-state index is -3.60. The molecule has 1 N–H and O–H groups in total. The van der Waals surface area contributed by atoms with Crippen molar-refractivity contribution in [1.29, 1.82) is 0 Å². The van der Waals surface area contributed by atoms with Crippen LogP contribution in [0.15, 0.2) is 17.2 Å². The van der Waals surface area contributed by atoms with E-state index >= 15 is 0 Å². The molecule has 2 heterocycles. The van der Waals surface area contributed by atoms with Gasteiger partial charge >= 0.3 is 0 Å². The Morgan fingerprint density at radius 3 is 2.68 bits per heavy atom. The lowest BCUT2D eigenvalue weighted by atomic mass is 10.3. The largest absolute Gasteiger partial charge is 0.379 e. The Hall–Kier alpha value is -1.42. The van der Waals surface area contributed by atoms with Crippen LogP contribution in [-0.2, 0) is 26.5 Å². The summed E-state index contributed by atoms with van der Waals surface area (Å²) in [5.41, 5.74) is 0.316. The quantitative estimate of drug-likeness (QED) is 0.674. The van der Waals surface area contributed by atoms with E-state index in [1.807, 2.05) is 13.8 Å². The second kappa shape index (κ2) is 8.79. The number of amides is 1. The fourth-order valence-electron chi connectivity index (χ4n) is 2.52. The van der Waals surface area contributed by atoms with Crippen LogP contribution < -0.4 is 5.32 Å². The van der Waals surface area contributed by atoms with Gasteiger partial charge in [0.05, 0.1) is 19.3 Å². The highest BCUT2D eigenvalue weighted by molar-refractivity contribution is 7.89. The van der Waals surface area contributed by atoms with E-state index in [0.29, 0.717) is 51.6 Å². The molecular weight excluding hydrogens is 346 g/mol. The molecule has 0 unspecified atom stereocenters. The van der Waals surface area contributed by atoms with Gasteiger partial charge in [0.1, 0.15) is 10.6 Å². The van der Waals surface area contributed by atoms with Gasteiger partial charge in [0, 0.05) is 39.5 Å². The monoisotopic (exact) mass is 373 g/mol. The van der Waals surface area contributed by atoms with Crippen molar-refractivity contribution in [1.82, 2.24) is 14.2 Å². The second-order valence-electron chi connectivity index (χ2n) is 6.22. The van der Waals surface area contributed by atoms with Crippen LogP contribution in [-0.4, -0.2) is 68.8 Å². The van der Waals surface area contributed by atoms with E-state index in [1.54, 1.807) is 7.05 Å². The van der Waals surface area contributed by atoms with Crippen LogP contribution in [0.4, 0.5) is 0 Å². The lowest BCUT2D eigenvalue weighted by molar-refractivity contribution is 0.0730. The molecular formula is C16H27N3O5S. The fourth-order valence-corrected chi connectivity index (χ4v) is 4.00. The number of ether oxygens (including phenoxy) is 2. The molecule has 1 aromatic heterocycles. The third-order valence-electron chi connectivity index (χ3n) is 3.88. The van der Waals surface area contributed by atoms with Gasteiger partial charge in [-0.2, -0.15) is 4.31 Å².